The number of carbonyl (C=O) groups excluding carboxylic acids is 2. The first-order valence-corrected chi connectivity index (χ1v) is 13.7. The van der Waals surface area contributed by atoms with Crippen molar-refractivity contribution in [2.75, 3.05) is 32.9 Å². The van der Waals surface area contributed by atoms with Crippen LogP contribution in [0.1, 0.15) is 18.2 Å². The third-order valence-electron chi connectivity index (χ3n) is 6.17. The first kappa shape index (κ1) is 27.4. The van der Waals surface area contributed by atoms with E-state index in [0.717, 1.165) is 5.56 Å². The van der Waals surface area contributed by atoms with Crippen LogP contribution < -0.4 is 10.1 Å². The van der Waals surface area contributed by atoms with Gasteiger partial charge in [0.2, 0.25) is 15.9 Å². The Bertz CT molecular complexity index is 1290. The van der Waals surface area contributed by atoms with Gasteiger partial charge in [-0.15, -0.1) is 0 Å². The number of ether oxygens (including phenoxy) is 2. The lowest BCUT2D eigenvalue weighted by Gasteiger charge is -2.28. The fraction of sp³-hybridized carbons (Fsp3) is 0.333. The highest BCUT2D eigenvalue weighted by atomic mass is 32.2. The van der Waals surface area contributed by atoms with Crippen molar-refractivity contribution >= 4 is 21.8 Å². The molecule has 1 aliphatic rings. The highest BCUT2D eigenvalue weighted by Crippen LogP contribution is 2.21. The molecule has 3 aromatic rings. The fourth-order valence-electron chi connectivity index (χ4n) is 3.97. The number of hydrogen-bond donors (Lipinski definition) is 1. The van der Waals surface area contributed by atoms with Crippen LogP contribution in [0.5, 0.6) is 5.75 Å². The maximum absolute atomic E-state index is 13.2. The van der Waals surface area contributed by atoms with Crippen molar-refractivity contribution in [3.05, 3.63) is 84.3 Å². The fourth-order valence-corrected chi connectivity index (χ4v) is 5.38. The van der Waals surface area contributed by atoms with Gasteiger partial charge in [0, 0.05) is 19.6 Å². The van der Waals surface area contributed by atoms with Gasteiger partial charge >= 0.3 is 0 Å². The van der Waals surface area contributed by atoms with Crippen LogP contribution in [0.2, 0.25) is 0 Å². The number of nitrogens with zero attached hydrogens (tertiary/aromatic N) is 2. The minimum Gasteiger partial charge on any atom is -0.484 e. The molecule has 0 bridgehead atoms. The summed E-state index contributed by atoms with van der Waals surface area (Å²) in [6, 6.07) is 18.0. The van der Waals surface area contributed by atoms with Gasteiger partial charge < -0.3 is 24.1 Å². The van der Waals surface area contributed by atoms with Crippen molar-refractivity contribution in [2.24, 2.45) is 0 Å². The number of rotatable bonds is 11. The number of hydrogen-bond acceptors (Lipinski definition) is 7. The maximum atomic E-state index is 13.2. The van der Waals surface area contributed by atoms with Gasteiger partial charge in [-0.2, -0.15) is 4.31 Å². The first-order chi connectivity index (χ1) is 18.3. The van der Waals surface area contributed by atoms with Gasteiger partial charge in [-0.05, 0) is 48.9 Å². The highest BCUT2D eigenvalue weighted by Gasteiger charge is 2.28. The van der Waals surface area contributed by atoms with Crippen molar-refractivity contribution in [1.29, 1.82) is 0 Å². The predicted molar refractivity (Wildman–Crippen MR) is 139 cm³/mol. The molecule has 10 nitrogen and oxygen atoms in total. The molecule has 11 heteroatoms. The Kier molecular flexibility index (Phi) is 9.16. The SMILES string of the molecule is C[C@@H](C(=O)NCc1ccco1)N(Cc1ccccc1)C(=O)COc1ccc(S(=O)(=O)N2CCOCC2)cc1. The van der Waals surface area contributed by atoms with Gasteiger partial charge in [-0.25, -0.2) is 8.42 Å². The Hall–Kier alpha value is -3.67. The number of benzene rings is 2. The van der Waals surface area contributed by atoms with Gasteiger partial charge in [0.25, 0.3) is 5.91 Å². The van der Waals surface area contributed by atoms with Crippen LogP contribution in [0.15, 0.2) is 82.3 Å². The summed E-state index contributed by atoms with van der Waals surface area (Å²) in [5, 5.41) is 2.79. The number of sulfonamides is 1. The number of furan rings is 1. The smallest absolute Gasteiger partial charge is 0.261 e. The second-order valence-electron chi connectivity index (χ2n) is 8.76. The standard InChI is InChI=1S/C27H31N3O7S/c1-21(27(32)28-18-24-8-5-15-36-24)30(19-22-6-3-2-4-7-22)26(31)20-37-23-9-11-25(12-10-23)38(33,34)29-13-16-35-17-14-29/h2-12,15,21H,13-14,16-20H2,1H3,(H,28,32)/t21-/m0/s1. The molecule has 1 N–H and O–H groups in total. The van der Waals surface area contributed by atoms with E-state index >= 15 is 0 Å². The largest absolute Gasteiger partial charge is 0.484 e. The van der Waals surface area contributed by atoms with E-state index in [2.05, 4.69) is 5.32 Å². The normalized spacial score (nSPS) is 15.0. The molecule has 0 radical (unpaired) electrons. The Morgan fingerprint density at radius 2 is 1.74 bits per heavy atom. The third-order valence-corrected chi connectivity index (χ3v) is 8.09. The second kappa shape index (κ2) is 12.7. The molecule has 2 aromatic carbocycles. The molecule has 1 aliphatic heterocycles. The van der Waals surface area contributed by atoms with Crippen molar-refractivity contribution in [2.45, 2.75) is 31.0 Å². The summed E-state index contributed by atoms with van der Waals surface area (Å²) < 4.78 is 43.2. The van der Waals surface area contributed by atoms with Gasteiger partial charge in [0.15, 0.2) is 6.61 Å². The predicted octanol–water partition coefficient (Wildman–Crippen LogP) is 2.41. The molecule has 1 aromatic heterocycles. The zero-order valence-corrected chi connectivity index (χ0v) is 21.9. The van der Waals surface area contributed by atoms with E-state index in [-0.39, 0.29) is 36.4 Å². The van der Waals surface area contributed by atoms with Crippen molar-refractivity contribution in [3.63, 3.8) is 0 Å². The molecule has 4 rings (SSSR count). The molecule has 0 unspecified atom stereocenters. The molecule has 2 heterocycles. The highest BCUT2D eigenvalue weighted by molar-refractivity contribution is 7.89. The van der Waals surface area contributed by atoms with Crippen molar-refractivity contribution < 1.29 is 31.9 Å². The monoisotopic (exact) mass is 541 g/mol. The van der Waals surface area contributed by atoms with Crippen LogP contribution in [0.25, 0.3) is 0 Å². The lowest BCUT2D eigenvalue weighted by atomic mass is 10.1. The van der Waals surface area contributed by atoms with E-state index in [9.17, 15) is 18.0 Å². The van der Waals surface area contributed by atoms with Gasteiger partial charge in [0.1, 0.15) is 17.6 Å². The Labute approximate surface area is 222 Å². The first-order valence-electron chi connectivity index (χ1n) is 12.3. The van der Waals surface area contributed by atoms with Gasteiger partial charge in [-0.1, -0.05) is 30.3 Å². The summed E-state index contributed by atoms with van der Waals surface area (Å²) in [5.41, 5.74) is 0.865. The molecule has 1 fully saturated rings. The van der Waals surface area contributed by atoms with E-state index in [1.54, 1.807) is 19.1 Å². The van der Waals surface area contributed by atoms with E-state index in [1.165, 1.54) is 39.7 Å². The zero-order chi connectivity index (χ0) is 27.0. The summed E-state index contributed by atoms with van der Waals surface area (Å²) in [7, 11) is -3.63. The van der Waals surface area contributed by atoms with Gasteiger partial charge in [-0.3, -0.25) is 9.59 Å². The average molecular weight is 542 g/mol. The molecule has 0 saturated carbocycles. The number of morpholine rings is 1. The minimum absolute atomic E-state index is 0.144. The van der Waals surface area contributed by atoms with Crippen LogP contribution in [0, 0.1) is 0 Å². The van der Waals surface area contributed by atoms with E-state index < -0.39 is 16.1 Å². The van der Waals surface area contributed by atoms with Crippen LogP contribution >= 0.6 is 0 Å². The van der Waals surface area contributed by atoms with E-state index in [0.29, 0.717) is 37.8 Å². The lowest BCUT2D eigenvalue weighted by Crippen LogP contribution is -2.48. The lowest BCUT2D eigenvalue weighted by molar-refractivity contribution is -0.142. The average Bonchev–Trinajstić information content (AvgIpc) is 3.48. The molecule has 1 saturated heterocycles. The zero-order valence-electron chi connectivity index (χ0n) is 21.1. The second-order valence-corrected chi connectivity index (χ2v) is 10.7. The number of nitrogens with one attached hydrogen (secondary N) is 1. The minimum atomic E-state index is -3.63. The maximum Gasteiger partial charge on any atom is 0.261 e. The van der Waals surface area contributed by atoms with Crippen LogP contribution in [0.3, 0.4) is 0 Å². The third kappa shape index (κ3) is 7.00. The molecular weight excluding hydrogens is 510 g/mol. The number of amides is 2. The molecular formula is C27H31N3O7S. The summed E-state index contributed by atoms with van der Waals surface area (Å²) in [6.07, 6.45) is 1.53. The van der Waals surface area contributed by atoms with Crippen molar-refractivity contribution in [1.82, 2.24) is 14.5 Å². The van der Waals surface area contributed by atoms with Crippen LogP contribution in [-0.2, 0) is 37.4 Å². The van der Waals surface area contributed by atoms with E-state index in [1.807, 2.05) is 30.3 Å². The Balaban J connectivity index is 1.40. The molecule has 1 atom stereocenters. The van der Waals surface area contributed by atoms with Gasteiger partial charge in [0.05, 0.1) is 30.9 Å². The Morgan fingerprint density at radius 1 is 1.03 bits per heavy atom. The summed E-state index contributed by atoms with van der Waals surface area (Å²) in [5.74, 6) is 0.227. The molecule has 38 heavy (non-hydrogen) atoms. The quantitative estimate of drug-likeness (QED) is 0.396. The van der Waals surface area contributed by atoms with Crippen LogP contribution in [-0.4, -0.2) is 68.4 Å². The van der Waals surface area contributed by atoms with Crippen molar-refractivity contribution in [3.8, 4) is 5.75 Å². The number of carbonyl (C=O) groups is 2. The topological polar surface area (TPSA) is 118 Å². The summed E-state index contributed by atoms with van der Waals surface area (Å²) >= 11 is 0. The summed E-state index contributed by atoms with van der Waals surface area (Å²) in [4.78, 5) is 27.7. The molecule has 0 aliphatic carbocycles. The molecule has 202 valence electrons. The van der Waals surface area contributed by atoms with E-state index in [4.69, 9.17) is 13.9 Å². The van der Waals surface area contributed by atoms with Crippen LogP contribution in [0.4, 0.5) is 0 Å². The molecule has 2 amide bonds. The summed E-state index contributed by atoms with van der Waals surface area (Å²) in [6.45, 7) is 3.10. The Morgan fingerprint density at radius 3 is 2.39 bits per heavy atom. The molecule has 0 spiro atoms.